The van der Waals surface area contributed by atoms with Crippen LogP contribution in [0.1, 0.15) is 22.8 Å². The largest absolute Gasteiger partial charge is 0.348 e. The van der Waals surface area contributed by atoms with Gasteiger partial charge in [0.2, 0.25) is 5.91 Å². The van der Waals surface area contributed by atoms with Crippen molar-refractivity contribution >= 4 is 23.2 Å². The van der Waals surface area contributed by atoms with Crippen molar-refractivity contribution in [3.63, 3.8) is 0 Å². The van der Waals surface area contributed by atoms with Gasteiger partial charge in [-0.15, -0.1) is 10.2 Å². The first-order valence-electron chi connectivity index (χ1n) is 8.58. The molecule has 7 heteroatoms. The SMILES string of the molecule is CN(C)C(=O)Cc1nnc2n1-c1ccc(Cl)cc1C(c1ccccc1)=NC2. The van der Waals surface area contributed by atoms with Crippen LogP contribution in [0.25, 0.3) is 5.69 Å². The van der Waals surface area contributed by atoms with Gasteiger partial charge in [-0.05, 0) is 18.2 Å². The molecule has 0 atom stereocenters. The number of aliphatic imine (C=N–C) groups is 1. The van der Waals surface area contributed by atoms with Crippen molar-refractivity contribution < 1.29 is 4.79 Å². The number of halogens is 1. The topological polar surface area (TPSA) is 63.4 Å². The number of likely N-dealkylation sites (N-methyl/N-ethyl adjacent to an activating group) is 1. The number of carbonyl (C=O) groups is 1. The number of amides is 1. The first-order valence-corrected chi connectivity index (χ1v) is 8.96. The highest BCUT2D eigenvalue weighted by atomic mass is 35.5. The lowest BCUT2D eigenvalue weighted by molar-refractivity contribution is -0.128. The number of rotatable bonds is 3. The third-order valence-corrected chi connectivity index (χ3v) is 4.72. The average Bonchev–Trinajstić information content (AvgIpc) is 2.97. The van der Waals surface area contributed by atoms with Gasteiger partial charge >= 0.3 is 0 Å². The van der Waals surface area contributed by atoms with Gasteiger partial charge in [-0.25, -0.2) is 0 Å². The van der Waals surface area contributed by atoms with E-state index in [1.807, 2.05) is 53.1 Å². The van der Waals surface area contributed by atoms with E-state index in [9.17, 15) is 4.79 Å². The van der Waals surface area contributed by atoms with Gasteiger partial charge in [-0.2, -0.15) is 0 Å². The van der Waals surface area contributed by atoms with Gasteiger partial charge in [0.15, 0.2) is 5.82 Å². The molecule has 6 nitrogen and oxygen atoms in total. The fraction of sp³-hybridized carbons (Fsp3) is 0.200. The Bertz CT molecular complexity index is 1040. The van der Waals surface area contributed by atoms with Crippen LogP contribution in [0, 0.1) is 0 Å². The number of nitrogens with zero attached hydrogens (tertiary/aromatic N) is 5. The van der Waals surface area contributed by atoms with Crippen molar-refractivity contribution in [2.75, 3.05) is 14.1 Å². The summed E-state index contributed by atoms with van der Waals surface area (Å²) < 4.78 is 1.92. The molecular weight excluding hydrogens is 362 g/mol. The summed E-state index contributed by atoms with van der Waals surface area (Å²) in [4.78, 5) is 18.6. The number of hydrogen-bond acceptors (Lipinski definition) is 4. The summed E-state index contributed by atoms with van der Waals surface area (Å²) in [6.07, 6.45) is 0.169. The number of benzene rings is 2. The van der Waals surface area contributed by atoms with Crippen LogP contribution < -0.4 is 0 Å². The summed E-state index contributed by atoms with van der Waals surface area (Å²) >= 11 is 6.29. The van der Waals surface area contributed by atoms with Crippen molar-refractivity contribution in [2.45, 2.75) is 13.0 Å². The molecule has 0 N–H and O–H groups in total. The normalized spacial score (nSPS) is 12.6. The zero-order valence-corrected chi connectivity index (χ0v) is 15.8. The lowest BCUT2D eigenvalue weighted by Gasteiger charge is -2.15. The summed E-state index contributed by atoms with van der Waals surface area (Å²) in [5, 5.41) is 9.15. The Labute approximate surface area is 162 Å². The van der Waals surface area contributed by atoms with Crippen LogP contribution in [-0.4, -0.2) is 45.4 Å². The quantitative estimate of drug-likeness (QED) is 0.702. The molecule has 2 heterocycles. The molecule has 1 aliphatic heterocycles. The monoisotopic (exact) mass is 379 g/mol. The fourth-order valence-electron chi connectivity index (χ4n) is 3.11. The van der Waals surface area contributed by atoms with E-state index in [1.54, 1.807) is 19.0 Å². The molecule has 0 saturated heterocycles. The molecule has 0 saturated carbocycles. The highest BCUT2D eigenvalue weighted by Crippen LogP contribution is 2.28. The summed E-state index contributed by atoms with van der Waals surface area (Å²) in [6.45, 7) is 0.375. The Kier molecular flexibility index (Phi) is 4.49. The third-order valence-electron chi connectivity index (χ3n) is 4.49. The number of fused-ring (bicyclic) bond motifs is 3. The summed E-state index contributed by atoms with van der Waals surface area (Å²) in [7, 11) is 3.46. The van der Waals surface area contributed by atoms with Gasteiger partial charge in [-0.1, -0.05) is 41.9 Å². The standard InChI is InChI=1S/C20H18ClN5O/c1-25(2)19(27)11-17-23-24-18-12-22-20(13-6-4-3-5-7-13)15-10-14(21)8-9-16(15)26(17)18/h3-10H,11-12H2,1-2H3. The van der Waals surface area contributed by atoms with Crippen LogP contribution in [0.15, 0.2) is 53.5 Å². The smallest absolute Gasteiger partial charge is 0.229 e. The second kappa shape index (κ2) is 6.96. The van der Waals surface area contributed by atoms with Crippen molar-refractivity contribution in [3.8, 4) is 5.69 Å². The van der Waals surface area contributed by atoms with Crippen LogP contribution in [0.2, 0.25) is 5.02 Å². The minimum absolute atomic E-state index is 0.0332. The molecule has 1 aliphatic rings. The molecule has 0 spiro atoms. The minimum atomic E-state index is -0.0332. The molecule has 0 fully saturated rings. The van der Waals surface area contributed by atoms with Gasteiger partial charge in [0.05, 0.1) is 17.8 Å². The van der Waals surface area contributed by atoms with Crippen LogP contribution in [0.3, 0.4) is 0 Å². The highest BCUT2D eigenvalue weighted by molar-refractivity contribution is 6.31. The van der Waals surface area contributed by atoms with E-state index >= 15 is 0 Å². The molecule has 0 radical (unpaired) electrons. The van der Waals surface area contributed by atoms with Gasteiger partial charge in [-0.3, -0.25) is 14.4 Å². The summed E-state index contributed by atoms with van der Waals surface area (Å²) in [5.74, 6) is 1.26. The Morgan fingerprint density at radius 1 is 1.15 bits per heavy atom. The van der Waals surface area contributed by atoms with E-state index in [0.717, 1.165) is 22.5 Å². The van der Waals surface area contributed by atoms with E-state index < -0.39 is 0 Å². The van der Waals surface area contributed by atoms with Gasteiger partial charge in [0.25, 0.3) is 0 Å². The van der Waals surface area contributed by atoms with Crippen LogP contribution in [-0.2, 0) is 17.8 Å². The molecule has 0 bridgehead atoms. The third kappa shape index (κ3) is 3.24. The molecule has 2 aromatic carbocycles. The van der Waals surface area contributed by atoms with Crippen LogP contribution >= 0.6 is 11.6 Å². The van der Waals surface area contributed by atoms with Crippen molar-refractivity contribution in [3.05, 3.63) is 76.3 Å². The van der Waals surface area contributed by atoms with E-state index in [4.69, 9.17) is 16.6 Å². The van der Waals surface area contributed by atoms with Gasteiger partial charge in [0, 0.05) is 30.2 Å². The molecule has 3 aromatic rings. The Morgan fingerprint density at radius 2 is 1.93 bits per heavy atom. The summed E-state index contributed by atoms with van der Waals surface area (Å²) in [6, 6.07) is 15.6. The van der Waals surface area contributed by atoms with Crippen LogP contribution in [0.4, 0.5) is 0 Å². The van der Waals surface area contributed by atoms with Crippen molar-refractivity contribution in [2.24, 2.45) is 4.99 Å². The maximum Gasteiger partial charge on any atom is 0.229 e. The molecule has 4 rings (SSSR count). The fourth-order valence-corrected chi connectivity index (χ4v) is 3.28. The van der Waals surface area contributed by atoms with E-state index in [-0.39, 0.29) is 12.3 Å². The Hall–Kier alpha value is -2.99. The first kappa shape index (κ1) is 17.4. The van der Waals surface area contributed by atoms with E-state index in [0.29, 0.717) is 23.2 Å². The van der Waals surface area contributed by atoms with Crippen molar-refractivity contribution in [1.82, 2.24) is 19.7 Å². The number of hydrogen-bond donors (Lipinski definition) is 0. The molecule has 27 heavy (non-hydrogen) atoms. The predicted octanol–water partition coefficient (Wildman–Crippen LogP) is 2.90. The molecule has 0 unspecified atom stereocenters. The van der Waals surface area contributed by atoms with Crippen LogP contribution in [0.5, 0.6) is 0 Å². The predicted molar refractivity (Wildman–Crippen MR) is 105 cm³/mol. The molecule has 0 aliphatic carbocycles. The zero-order chi connectivity index (χ0) is 19.0. The molecular formula is C20H18ClN5O. The Morgan fingerprint density at radius 3 is 2.67 bits per heavy atom. The molecule has 1 aromatic heterocycles. The maximum atomic E-state index is 12.2. The second-order valence-corrected chi connectivity index (χ2v) is 6.96. The first-order chi connectivity index (χ1) is 13.0. The minimum Gasteiger partial charge on any atom is -0.348 e. The molecule has 136 valence electrons. The lowest BCUT2D eigenvalue weighted by atomic mass is 10.0. The average molecular weight is 380 g/mol. The number of carbonyl (C=O) groups excluding carboxylic acids is 1. The maximum absolute atomic E-state index is 12.2. The van der Waals surface area contributed by atoms with Crippen molar-refractivity contribution in [1.29, 1.82) is 0 Å². The molecule has 1 amide bonds. The lowest BCUT2D eigenvalue weighted by Crippen LogP contribution is -2.25. The van der Waals surface area contributed by atoms with Gasteiger partial charge in [0.1, 0.15) is 12.4 Å². The summed E-state index contributed by atoms with van der Waals surface area (Å²) in [5.41, 5.74) is 3.63. The zero-order valence-electron chi connectivity index (χ0n) is 15.1. The Balaban J connectivity index is 1.88. The number of aromatic nitrogens is 3. The van der Waals surface area contributed by atoms with E-state index in [2.05, 4.69) is 10.2 Å². The second-order valence-electron chi connectivity index (χ2n) is 6.53. The van der Waals surface area contributed by atoms with Gasteiger partial charge < -0.3 is 4.90 Å². The highest BCUT2D eigenvalue weighted by Gasteiger charge is 2.24. The van der Waals surface area contributed by atoms with E-state index in [1.165, 1.54) is 0 Å².